The number of benzene rings is 1. The van der Waals surface area contributed by atoms with Crippen molar-refractivity contribution in [3.05, 3.63) is 64.8 Å². The molecule has 3 rings (SSSR count). The van der Waals surface area contributed by atoms with Crippen molar-refractivity contribution in [2.75, 3.05) is 0 Å². The highest BCUT2D eigenvalue weighted by molar-refractivity contribution is 5.94. The van der Waals surface area contributed by atoms with Gasteiger partial charge in [0, 0.05) is 13.0 Å². The summed E-state index contributed by atoms with van der Waals surface area (Å²) in [5.74, 6) is -0.908. The molecule has 0 atom stereocenters. The maximum Gasteiger partial charge on any atom is 0.437 e. The number of furan rings is 1. The Labute approximate surface area is 147 Å². The minimum absolute atomic E-state index is 0.0269. The summed E-state index contributed by atoms with van der Waals surface area (Å²) in [6, 6.07) is 11.9. The molecule has 3 amide bonds. The molecule has 0 bridgehead atoms. The number of aryl methyl sites for hydroxylation is 1. The summed E-state index contributed by atoms with van der Waals surface area (Å²) in [4.78, 5) is 35.2. The number of imide groups is 1. The lowest BCUT2D eigenvalue weighted by Gasteiger charge is -2.06. The Morgan fingerprint density at radius 1 is 1.12 bits per heavy atom. The van der Waals surface area contributed by atoms with E-state index in [1.165, 1.54) is 6.26 Å². The van der Waals surface area contributed by atoms with Crippen molar-refractivity contribution in [1.82, 2.24) is 20.4 Å². The Balaban J connectivity index is 1.47. The Morgan fingerprint density at radius 2 is 1.92 bits per heavy atom. The van der Waals surface area contributed by atoms with Gasteiger partial charge in [0.25, 0.3) is 5.89 Å². The minimum Gasteiger partial charge on any atom is -0.459 e. The molecule has 2 aromatic heterocycles. The lowest BCUT2D eigenvalue weighted by Crippen LogP contribution is -2.39. The Morgan fingerprint density at radius 3 is 2.65 bits per heavy atom. The molecule has 0 saturated heterocycles. The summed E-state index contributed by atoms with van der Waals surface area (Å²) in [6.07, 6.45) is 1.32. The zero-order valence-corrected chi connectivity index (χ0v) is 13.7. The number of aromatic nitrogens is 2. The highest BCUT2D eigenvalue weighted by Crippen LogP contribution is 2.14. The van der Waals surface area contributed by atoms with E-state index in [0.29, 0.717) is 12.3 Å². The molecular weight excluding hydrogens is 340 g/mol. The van der Waals surface area contributed by atoms with Gasteiger partial charge in [-0.15, -0.1) is 5.10 Å². The van der Waals surface area contributed by atoms with Crippen LogP contribution in [0.5, 0.6) is 0 Å². The van der Waals surface area contributed by atoms with E-state index in [2.05, 4.69) is 15.7 Å². The summed E-state index contributed by atoms with van der Waals surface area (Å²) in [6.45, 7) is 0.274. The number of hydrogen-bond acceptors (Lipinski definition) is 6. The average Bonchev–Trinajstić information content (AvgIpc) is 3.29. The topological polar surface area (TPSA) is 119 Å². The fourth-order valence-electron chi connectivity index (χ4n) is 2.17. The predicted octanol–water partition coefficient (Wildman–Crippen LogP) is 1.51. The standard InChI is InChI=1S/C17H16N4O5/c22-14(19-16(23)18-11-12-5-2-1-3-6-12)8-9-21-17(24)26-15(20-21)13-7-4-10-25-13/h1-7,10H,8-9,11H2,(H2,18,19,22,23). The van der Waals surface area contributed by atoms with Gasteiger partial charge < -0.3 is 14.2 Å². The molecule has 9 heteroatoms. The van der Waals surface area contributed by atoms with Gasteiger partial charge in [0.1, 0.15) is 0 Å². The van der Waals surface area contributed by atoms with E-state index < -0.39 is 17.7 Å². The van der Waals surface area contributed by atoms with Gasteiger partial charge in [-0.05, 0) is 17.7 Å². The van der Waals surface area contributed by atoms with Crippen molar-refractivity contribution in [2.45, 2.75) is 19.5 Å². The van der Waals surface area contributed by atoms with Gasteiger partial charge in [-0.25, -0.2) is 9.59 Å². The summed E-state index contributed by atoms with van der Waals surface area (Å²) in [7, 11) is 0. The van der Waals surface area contributed by atoms with Gasteiger partial charge in [-0.1, -0.05) is 30.3 Å². The van der Waals surface area contributed by atoms with Crippen LogP contribution in [0.3, 0.4) is 0 Å². The fraction of sp³-hybridized carbons (Fsp3) is 0.176. The quantitative estimate of drug-likeness (QED) is 0.691. The fourth-order valence-corrected chi connectivity index (χ4v) is 2.17. The zero-order valence-electron chi connectivity index (χ0n) is 13.7. The van der Waals surface area contributed by atoms with Crippen LogP contribution < -0.4 is 16.4 Å². The smallest absolute Gasteiger partial charge is 0.437 e. The van der Waals surface area contributed by atoms with Crippen molar-refractivity contribution in [2.24, 2.45) is 0 Å². The van der Waals surface area contributed by atoms with Gasteiger partial charge in [-0.3, -0.25) is 10.1 Å². The first kappa shape index (κ1) is 17.2. The Bertz CT molecular complexity index is 928. The SMILES string of the molecule is O=C(CCn1nc(-c2ccco2)oc1=O)NC(=O)NCc1ccccc1. The van der Waals surface area contributed by atoms with Crippen molar-refractivity contribution >= 4 is 11.9 Å². The van der Waals surface area contributed by atoms with Crippen LogP contribution in [0, 0.1) is 0 Å². The second kappa shape index (κ2) is 7.97. The summed E-state index contributed by atoms with van der Waals surface area (Å²) in [5, 5.41) is 8.71. The lowest BCUT2D eigenvalue weighted by molar-refractivity contribution is -0.120. The normalized spacial score (nSPS) is 10.5. The second-order valence-electron chi connectivity index (χ2n) is 5.34. The van der Waals surface area contributed by atoms with Crippen LogP contribution >= 0.6 is 0 Å². The molecule has 9 nitrogen and oxygen atoms in total. The molecule has 3 aromatic rings. The number of hydrogen-bond donors (Lipinski definition) is 2. The number of nitrogens with zero attached hydrogens (tertiary/aromatic N) is 2. The molecule has 0 spiro atoms. The largest absolute Gasteiger partial charge is 0.459 e. The first-order valence-electron chi connectivity index (χ1n) is 7.85. The molecule has 2 N–H and O–H groups in total. The van der Waals surface area contributed by atoms with E-state index in [1.807, 2.05) is 30.3 Å². The average molecular weight is 356 g/mol. The number of carbonyl (C=O) groups excluding carboxylic acids is 2. The minimum atomic E-state index is -0.710. The number of carbonyl (C=O) groups is 2. The van der Waals surface area contributed by atoms with E-state index in [-0.39, 0.29) is 18.9 Å². The van der Waals surface area contributed by atoms with Gasteiger partial charge in [0.15, 0.2) is 5.76 Å². The molecule has 0 aliphatic carbocycles. The van der Waals surface area contributed by atoms with Crippen LogP contribution in [-0.4, -0.2) is 21.7 Å². The van der Waals surface area contributed by atoms with Gasteiger partial charge in [-0.2, -0.15) is 4.68 Å². The van der Waals surface area contributed by atoms with Crippen molar-refractivity contribution in [3.8, 4) is 11.7 Å². The molecule has 0 unspecified atom stereocenters. The molecule has 0 fully saturated rings. The highest BCUT2D eigenvalue weighted by atomic mass is 16.4. The van der Waals surface area contributed by atoms with E-state index in [1.54, 1.807) is 12.1 Å². The van der Waals surface area contributed by atoms with Crippen molar-refractivity contribution < 1.29 is 18.4 Å². The third kappa shape index (κ3) is 4.47. The van der Waals surface area contributed by atoms with E-state index in [9.17, 15) is 14.4 Å². The van der Waals surface area contributed by atoms with Crippen LogP contribution in [0.1, 0.15) is 12.0 Å². The summed E-state index contributed by atoms with van der Waals surface area (Å²) in [5.41, 5.74) is 0.912. The molecule has 1 aromatic carbocycles. The third-order valence-electron chi connectivity index (χ3n) is 3.44. The number of urea groups is 1. The Kier molecular flexibility index (Phi) is 5.28. The van der Waals surface area contributed by atoms with E-state index >= 15 is 0 Å². The third-order valence-corrected chi connectivity index (χ3v) is 3.44. The molecular formula is C17H16N4O5. The molecule has 0 saturated carbocycles. The van der Waals surface area contributed by atoms with Crippen LogP contribution in [0.4, 0.5) is 4.79 Å². The van der Waals surface area contributed by atoms with Gasteiger partial charge in [0.2, 0.25) is 5.91 Å². The van der Waals surface area contributed by atoms with Crippen molar-refractivity contribution in [1.29, 1.82) is 0 Å². The molecule has 0 aliphatic heterocycles. The predicted molar refractivity (Wildman–Crippen MR) is 89.9 cm³/mol. The Hall–Kier alpha value is -3.62. The van der Waals surface area contributed by atoms with Crippen LogP contribution in [0.2, 0.25) is 0 Å². The summed E-state index contributed by atoms with van der Waals surface area (Å²) >= 11 is 0. The van der Waals surface area contributed by atoms with Crippen LogP contribution in [0.15, 0.2) is 62.4 Å². The molecule has 134 valence electrons. The highest BCUT2D eigenvalue weighted by Gasteiger charge is 2.14. The van der Waals surface area contributed by atoms with Crippen LogP contribution in [0.25, 0.3) is 11.7 Å². The molecule has 26 heavy (non-hydrogen) atoms. The lowest BCUT2D eigenvalue weighted by atomic mass is 10.2. The maximum atomic E-state index is 11.8. The first-order chi connectivity index (χ1) is 12.6. The van der Waals surface area contributed by atoms with Gasteiger partial charge in [0.05, 0.1) is 12.8 Å². The monoisotopic (exact) mass is 356 g/mol. The molecule has 0 radical (unpaired) electrons. The van der Waals surface area contributed by atoms with Crippen LogP contribution in [-0.2, 0) is 17.9 Å². The zero-order chi connectivity index (χ0) is 18.4. The molecule has 2 heterocycles. The van der Waals surface area contributed by atoms with E-state index in [0.717, 1.165) is 10.2 Å². The summed E-state index contributed by atoms with van der Waals surface area (Å²) < 4.78 is 11.0. The maximum absolute atomic E-state index is 11.8. The van der Waals surface area contributed by atoms with Gasteiger partial charge >= 0.3 is 11.8 Å². The van der Waals surface area contributed by atoms with E-state index in [4.69, 9.17) is 8.83 Å². The molecule has 0 aliphatic rings. The second-order valence-corrected chi connectivity index (χ2v) is 5.34. The first-order valence-corrected chi connectivity index (χ1v) is 7.85. The van der Waals surface area contributed by atoms with Crippen molar-refractivity contribution in [3.63, 3.8) is 0 Å². The number of amides is 3. The number of nitrogens with one attached hydrogen (secondary N) is 2. The number of rotatable bonds is 6.